The first-order chi connectivity index (χ1) is 8.11. The number of nitrogens with two attached hydrogens (primary N) is 1. The maximum atomic E-state index is 13.7. The van der Waals surface area contributed by atoms with Crippen LogP contribution in [0.1, 0.15) is 0 Å². The van der Waals surface area contributed by atoms with Gasteiger partial charge in [-0.1, -0.05) is 0 Å². The third kappa shape index (κ3) is 2.15. The highest BCUT2D eigenvalue weighted by Gasteiger charge is 2.16. The molecule has 0 saturated heterocycles. The normalized spacial score (nSPS) is 10.3. The van der Waals surface area contributed by atoms with Crippen molar-refractivity contribution < 1.29 is 13.5 Å². The second-order valence-corrected chi connectivity index (χ2v) is 3.27. The Hall–Kier alpha value is -2.24. The van der Waals surface area contributed by atoms with Gasteiger partial charge in [-0.15, -0.1) is 0 Å². The smallest absolute Gasteiger partial charge is 0.168 e. The van der Waals surface area contributed by atoms with Gasteiger partial charge in [0.1, 0.15) is 23.2 Å². The highest BCUT2D eigenvalue weighted by molar-refractivity contribution is 5.65. The van der Waals surface area contributed by atoms with Crippen LogP contribution in [-0.2, 0) is 0 Å². The molecule has 0 amide bonds. The molecule has 1 heterocycles. The molecule has 0 unspecified atom stereocenters. The lowest BCUT2D eigenvalue weighted by molar-refractivity contribution is 0.408. The van der Waals surface area contributed by atoms with Gasteiger partial charge in [0.15, 0.2) is 5.82 Å². The first kappa shape index (κ1) is 11.3. The molecule has 17 heavy (non-hydrogen) atoms. The van der Waals surface area contributed by atoms with Gasteiger partial charge in [0, 0.05) is 18.3 Å². The van der Waals surface area contributed by atoms with Crippen LogP contribution in [0, 0.1) is 11.6 Å². The molecule has 88 valence electrons. The first-order valence-corrected chi connectivity index (χ1v) is 4.73. The number of nitrogens with zero attached hydrogens (tertiary/aromatic N) is 2. The van der Waals surface area contributed by atoms with E-state index in [0.29, 0.717) is 0 Å². The van der Waals surface area contributed by atoms with E-state index in [-0.39, 0.29) is 23.0 Å². The molecule has 0 atom stereocenters. The number of hydrogen-bond acceptors (Lipinski definition) is 4. The molecule has 0 spiro atoms. The summed E-state index contributed by atoms with van der Waals surface area (Å²) >= 11 is 0. The molecule has 2 N–H and O–H groups in total. The number of hydrogen-bond donors (Lipinski definition) is 1. The summed E-state index contributed by atoms with van der Waals surface area (Å²) in [5.74, 6) is -1.26. The maximum Gasteiger partial charge on any atom is 0.168 e. The molecule has 6 heteroatoms. The van der Waals surface area contributed by atoms with E-state index < -0.39 is 11.6 Å². The molecule has 0 aliphatic carbocycles. The topological polar surface area (TPSA) is 61.0 Å². The van der Waals surface area contributed by atoms with Crippen LogP contribution in [0.15, 0.2) is 24.4 Å². The van der Waals surface area contributed by atoms with E-state index in [9.17, 15) is 8.78 Å². The first-order valence-electron chi connectivity index (χ1n) is 4.73. The molecule has 0 radical (unpaired) electrons. The second kappa shape index (κ2) is 4.32. The quantitative estimate of drug-likeness (QED) is 0.867. The Bertz CT molecular complexity index is 560. The Morgan fingerprint density at radius 1 is 1.29 bits per heavy atom. The van der Waals surface area contributed by atoms with Gasteiger partial charge < -0.3 is 10.5 Å². The lowest BCUT2D eigenvalue weighted by atomic mass is 10.1. The monoisotopic (exact) mass is 237 g/mol. The van der Waals surface area contributed by atoms with Gasteiger partial charge >= 0.3 is 0 Å². The summed E-state index contributed by atoms with van der Waals surface area (Å²) in [7, 11) is 1.31. The molecular weight excluding hydrogens is 228 g/mol. The number of halogens is 2. The zero-order chi connectivity index (χ0) is 12.4. The van der Waals surface area contributed by atoms with Crippen LogP contribution < -0.4 is 10.5 Å². The van der Waals surface area contributed by atoms with E-state index in [1.165, 1.54) is 19.4 Å². The van der Waals surface area contributed by atoms with E-state index >= 15 is 0 Å². The summed E-state index contributed by atoms with van der Waals surface area (Å²) in [5, 5.41) is 0. The summed E-state index contributed by atoms with van der Waals surface area (Å²) in [4.78, 5) is 7.74. The van der Waals surface area contributed by atoms with E-state index in [4.69, 9.17) is 10.5 Å². The molecule has 1 aromatic carbocycles. The van der Waals surface area contributed by atoms with Gasteiger partial charge in [-0.25, -0.2) is 18.7 Å². The molecular formula is C11H9F2N3O. The van der Waals surface area contributed by atoms with Crippen molar-refractivity contribution in [3.63, 3.8) is 0 Å². The molecule has 0 fully saturated rings. The fourth-order valence-electron chi connectivity index (χ4n) is 1.42. The van der Waals surface area contributed by atoms with Crippen molar-refractivity contribution >= 4 is 5.82 Å². The molecule has 1 aromatic heterocycles. The third-order valence-electron chi connectivity index (χ3n) is 2.14. The van der Waals surface area contributed by atoms with Crippen LogP contribution >= 0.6 is 0 Å². The molecule has 0 aliphatic heterocycles. The average Bonchev–Trinajstić information content (AvgIpc) is 2.27. The predicted molar refractivity (Wildman–Crippen MR) is 58.3 cm³/mol. The van der Waals surface area contributed by atoms with Crippen LogP contribution in [0.25, 0.3) is 11.4 Å². The fraction of sp³-hybridized carbons (Fsp3) is 0.0909. The molecule has 0 aliphatic rings. The Morgan fingerprint density at radius 3 is 2.71 bits per heavy atom. The summed E-state index contributed by atoms with van der Waals surface area (Å²) < 4.78 is 31.6. The van der Waals surface area contributed by atoms with Crippen molar-refractivity contribution in [2.75, 3.05) is 12.8 Å². The zero-order valence-corrected chi connectivity index (χ0v) is 8.95. The highest BCUT2D eigenvalue weighted by Crippen LogP contribution is 2.31. The molecule has 0 saturated carbocycles. The van der Waals surface area contributed by atoms with Crippen LogP contribution in [0.3, 0.4) is 0 Å². The summed E-state index contributed by atoms with van der Waals surface area (Å²) in [6, 6.07) is 3.27. The van der Waals surface area contributed by atoms with Gasteiger partial charge in [-0.3, -0.25) is 0 Å². The number of anilines is 1. The Morgan fingerprint density at radius 2 is 2.06 bits per heavy atom. The average molecular weight is 237 g/mol. The molecule has 0 bridgehead atoms. The molecule has 2 aromatic rings. The van der Waals surface area contributed by atoms with Gasteiger partial charge in [0.25, 0.3) is 0 Å². The number of ether oxygens (including phenoxy) is 1. The highest BCUT2D eigenvalue weighted by atomic mass is 19.1. The van der Waals surface area contributed by atoms with Crippen molar-refractivity contribution in [3.05, 3.63) is 36.0 Å². The van der Waals surface area contributed by atoms with Gasteiger partial charge in [0.2, 0.25) is 0 Å². The Balaban J connectivity index is 2.66. The largest absolute Gasteiger partial charge is 0.496 e. The summed E-state index contributed by atoms with van der Waals surface area (Å²) in [5.41, 5.74) is 5.47. The number of nitrogen functional groups attached to an aromatic ring is 1. The van der Waals surface area contributed by atoms with Gasteiger partial charge in [-0.2, -0.15) is 0 Å². The minimum Gasteiger partial charge on any atom is -0.496 e. The summed E-state index contributed by atoms with van der Waals surface area (Å²) in [6.45, 7) is 0. The van der Waals surface area contributed by atoms with Gasteiger partial charge in [-0.05, 0) is 6.07 Å². The van der Waals surface area contributed by atoms with Crippen LogP contribution in [0.5, 0.6) is 5.75 Å². The lowest BCUT2D eigenvalue weighted by Gasteiger charge is -2.08. The van der Waals surface area contributed by atoms with Crippen molar-refractivity contribution in [1.29, 1.82) is 0 Å². The van der Waals surface area contributed by atoms with Gasteiger partial charge in [0.05, 0.1) is 12.7 Å². The van der Waals surface area contributed by atoms with E-state index in [0.717, 1.165) is 12.1 Å². The predicted octanol–water partition coefficient (Wildman–Crippen LogP) is 2.01. The Labute approximate surface area is 96.1 Å². The standard InChI is InChI=1S/C11H9F2N3O/c1-17-8-5-6(12)4-7(13)10(8)11-15-3-2-9(14)16-11/h2-5H,1H3,(H2,14,15,16). The van der Waals surface area contributed by atoms with Crippen LogP contribution in [0.2, 0.25) is 0 Å². The van der Waals surface area contributed by atoms with Crippen molar-refractivity contribution in [2.24, 2.45) is 0 Å². The molecule has 2 rings (SSSR count). The number of rotatable bonds is 2. The fourth-order valence-corrected chi connectivity index (χ4v) is 1.42. The van der Waals surface area contributed by atoms with Crippen LogP contribution in [-0.4, -0.2) is 17.1 Å². The number of methoxy groups -OCH3 is 1. The van der Waals surface area contributed by atoms with Crippen molar-refractivity contribution in [2.45, 2.75) is 0 Å². The van der Waals surface area contributed by atoms with E-state index in [2.05, 4.69) is 9.97 Å². The maximum absolute atomic E-state index is 13.7. The second-order valence-electron chi connectivity index (χ2n) is 3.27. The van der Waals surface area contributed by atoms with E-state index in [1.54, 1.807) is 0 Å². The van der Waals surface area contributed by atoms with E-state index in [1.807, 2.05) is 0 Å². The third-order valence-corrected chi connectivity index (χ3v) is 2.14. The van der Waals surface area contributed by atoms with Crippen molar-refractivity contribution in [3.8, 4) is 17.1 Å². The minimum absolute atomic E-state index is 0.0128. The van der Waals surface area contributed by atoms with Crippen LogP contribution in [0.4, 0.5) is 14.6 Å². The molecule has 4 nitrogen and oxygen atoms in total. The summed E-state index contributed by atoms with van der Waals surface area (Å²) in [6.07, 6.45) is 1.39. The number of aromatic nitrogens is 2. The van der Waals surface area contributed by atoms with Crippen molar-refractivity contribution in [1.82, 2.24) is 9.97 Å². The zero-order valence-electron chi connectivity index (χ0n) is 8.95. The Kier molecular flexibility index (Phi) is 2.86. The SMILES string of the molecule is COc1cc(F)cc(F)c1-c1nccc(N)n1. The lowest BCUT2D eigenvalue weighted by Crippen LogP contribution is -1.99. The number of benzene rings is 1. The minimum atomic E-state index is -0.799.